The third kappa shape index (κ3) is 2.72. The second-order valence-electron chi connectivity index (χ2n) is 3.26. The van der Waals surface area contributed by atoms with Gasteiger partial charge in [-0.15, -0.1) is 11.3 Å². The van der Waals surface area contributed by atoms with Crippen LogP contribution >= 0.6 is 22.9 Å². The number of hydrogen-bond acceptors (Lipinski definition) is 5. The number of halogens is 1. The Morgan fingerprint density at radius 3 is 3.18 bits per heavy atom. The molecule has 17 heavy (non-hydrogen) atoms. The molecule has 0 aliphatic carbocycles. The molecule has 0 radical (unpaired) electrons. The Morgan fingerprint density at radius 2 is 2.47 bits per heavy atom. The highest BCUT2D eigenvalue weighted by Crippen LogP contribution is 2.15. The summed E-state index contributed by atoms with van der Waals surface area (Å²) >= 11 is 7.35. The fourth-order valence-corrected chi connectivity index (χ4v) is 2.06. The molecule has 2 aromatic heterocycles. The molecule has 2 aromatic rings. The number of H-pyrrole nitrogens is 1. The van der Waals surface area contributed by atoms with Gasteiger partial charge in [0.25, 0.3) is 5.56 Å². The van der Waals surface area contributed by atoms with Crippen LogP contribution in [-0.2, 0) is 0 Å². The molecule has 7 heteroatoms. The van der Waals surface area contributed by atoms with Crippen molar-refractivity contribution in [2.45, 2.75) is 6.92 Å². The Kier molecular flexibility index (Phi) is 3.55. The van der Waals surface area contributed by atoms with Gasteiger partial charge in [0.15, 0.2) is 0 Å². The maximum Gasteiger partial charge on any atom is 0.285 e. The predicted octanol–water partition coefficient (Wildman–Crippen LogP) is 2.24. The van der Waals surface area contributed by atoms with E-state index in [1.165, 1.54) is 6.20 Å². The summed E-state index contributed by atoms with van der Waals surface area (Å²) in [4.78, 5) is 12.2. The summed E-state index contributed by atoms with van der Waals surface area (Å²) in [6.45, 7) is 2.00. The van der Waals surface area contributed by atoms with Crippen LogP contribution in [-0.4, -0.2) is 16.4 Å². The number of aromatic amines is 1. The molecule has 0 aromatic carbocycles. The minimum absolute atomic E-state index is 0.0417. The third-order valence-corrected chi connectivity index (χ3v) is 3.39. The predicted molar refractivity (Wildman–Crippen MR) is 70.1 cm³/mol. The number of aromatic nitrogens is 2. The molecule has 88 valence electrons. The van der Waals surface area contributed by atoms with Crippen molar-refractivity contribution in [2.75, 3.05) is 5.43 Å². The van der Waals surface area contributed by atoms with E-state index < -0.39 is 5.56 Å². The van der Waals surface area contributed by atoms with Crippen molar-refractivity contribution in [2.24, 2.45) is 5.10 Å². The number of anilines is 1. The molecule has 0 fully saturated rings. The van der Waals surface area contributed by atoms with Gasteiger partial charge in [-0.05, 0) is 23.9 Å². The minimum Gasteiger partial charge on any atom is -0.275 e. The van der Waals surface area contributed by atoms with Gasteiger partial charge in [0.1, 0.15) is 10.7 Å². The zero-order valence-electron chi connectivity index (χ0n) is 8.90. The number of thiophene rings is 1. The van der Waals surface area contributed by atoms with Crippen LogP contribution in [0.15, 0.2) is 27.5 Å². The van der Waals surface area contributed by atoms with Crippen LogP contribution in [0, 0.1) is 6.92 Å². The maximum absolute atomic E-state index is 11.1. The number of aryl methyl sites for hydroxylation is 1. The highest BCUT2D eigenvalue weighted by Gasteiger charge is 2.03. The third-order valence-electron chi connectivity index (χ3n) is 2.06. The summed E-state index contributed by atoms with van der Waals surface area (Å²) in [5, 5.41) is 11.9. The van der Waals surface area contributed by atoms with Gasteiger partial charge in [0, 0.05) is 4.88 Å². The van der Waals surface area contributed by atoms with E-state index in [1.807, 2.05) is 18.4 Å². The van der Waals surface area contributed by atoms with Crippen LogP contribution in [0.25, 0.3) is 0 Å². The van der Waals surface area contributed by atoms with Gasteiger partial charge in [-0.2, -0.15) is 10.2 Å². The van der Waals surface area contributed by atoms with Crippen molar-refractivity contribution in [3.63, 3.8) is 0 Å². The summed E-state index contributed by atoms with van der Waals surface area (Å²) < 4.78 is 0. The molecule has 0 amide bonds. The summed E-state index contributed by atoms with van der Waals surface area (Å²) in [5.74, 6) is 0. The molecule has 0 unspecified atom stereocenters. The summed E-state index contributed by atoms with van der Waals surface area (Å²) in [5.41, 5.74) is 3.76. The van der Waals surface area contributed by atoms with E-state index >= 15 is 0 Å². The largest absolute Gasteiger partial charge is 0.285 e. The van der Waals surface area contributed by atoms with E-state index in [1.54, 1.807) is 17.6 Å². The topological polar surface area (TPSA) is 70.1 Å². The van der Waals surface area contributed by atoms with Gasteiger partial charge in [-0.25, -0.2) is 5.10 Å². The first-order valence-electron chi connectivity index (χ1n) is 4.75. The molecule has 0 atom stereocenters. The lowest BCUT2D eigenvalue weighted by atomic mass is 10.3. The summed E-state index contributed by atoms with van der Waals surface area (Å²) in [7, 11) is 0. The average molecular weight is 269 g/mol. The van der Waals surface area contributed by atoms with Crippen LogP contribution in [0.3, 0.4) is 0 Å². The normalized spacial score (nSPS) is 10.9. The van der Waals surface area contributed by atoms with Gasteiger partial charge in [-0.3, -0.25) is 10.2 Å². The molecule has 0 saturated carbocycles. The van der Waals surface area contributed by atoms with Crippen molar-refractivity contribution >= 4 is 34.8 Å². The Labute approximate surface area is 106 Å². The quantitative estimate of drug-likeness (QED) is 0.662. The molecule has 0 aliphatic heterocycles. The molecular formula is C10H9ClN4OS. The number of hydrazone groups is 1. The first-order valence-corrected chi connectivity index (χ1v) is 6.00. The molecule has 5 nitrogen and oxygen atoms in total. The SMILES string of the molecule is Cc1ccsc1/C=N\Nc1cn[nH]c(=O)c1Cl. The lowest BCUT2D eigenvalue weighted by molar-refractivity contribution is 0.987. The van der Waals surface area contributed by atoms with Crippen LogP contribution < -0.4 is 11.0 Å². The first kappa shape index (κ1) is 11.8. The fraction of sp³-hybridized carbons (Fsp3) is 0.100. The van der Waals surface area contributed by atoms with Crippen LogP contribution in [0.4, 0.5) is 5.69 Å². The second-order valence-corrected chi connectivity index (χ2v) is 4.59. The van der Waals surface area contributed by atoms with Crippen molar-refractivity contribution < 1.29 is 0 Å². The van der Waals surface area contributed by atoms with Crippen molar-refractivity contribution in [3.8, 4) is 0 Å². The van der Waals surface area contributed by atoms with E-state index in [-0.39, 0.29) is 5.02 Å². The Bertz CT molecular complexity index is 604. The van der Waals surface area contributed by atoms with Crippen molar-refractivity contribution in [1.29, 1.82) is 0 Å². The smallest absolute Gasteiger partial charge is 0.275 e. The zero-order valence-corrected chi connectivity index (χ0v) is 10.5. The number of rotatable bonds is 3. The average Bonchev–Trinajstić information content (AvgIpc) is 2.71. The highest BCUT2D eigenvalue weighted by atomic mass is 35.5. The molecule has 0 aliphatic rings. The Morgan fingerprint density at radius 1 is 1.65 bits per heavy atom. The van der Waals surface area contributed by atoms with Gasteiger partial charge in [-0.1, -0.05) is 11.6 Å². The van der Waals surface area contributed by atoms with E-state index in [0.29, 0.717) is 5.69 Å². The molecular weight excluding hydrogens is 260 g/mol. The summed E-state index contributed by atoms with van der Waals surface area (Å²) in [6, 6.07) is 2.01. The monoisotopic (exact) mass is 268 g/mol. The van der Waals surface area contributed by atoms with E-state index in [2.05, 4.69) is 20.7 Å². The fourth-order valence-electron chi connectivity index (χ4n) is 1.14. The van der Waals surface area contributed by atoms with Crippen molar-refractivity contribution in [3.05, 3.63) is 43.5 Å². The van der Waals surface area contributed by atoms with Crippen molar-refractivity contribution in [1.82, 2.24) is 10.2 Å². The lowest BCUT2D eigenvalue weighted by Gasteiger charge is -1.99. The molecule has 2 rings (SSSR count). The second kappa shape index (κ2) is 5.11. The Hall–Kier alpha value is -1.66. The van der Waals surface area contributed by atoms with Crippen LogP contribution in [0.1, 0.15) is 10.4 Å². The van der Waals surface area contributed by atoms with E-state index in [0.717, 1.165) is 10.4 Å². The van der Waals surface area contributed by atoms with Gasteiger partial charge < -0.3 is 0 Å². The highest BCUT2D eigenvalue weighted by molar-refractivity contribution is 7.11. The molecule has 2 heterocycles. The maximum atomic E-state index is 11.1. The first-order chi connectivity index (χ1) is 8.18. The van der Waals surface area contributed by atoms with Gasteiger partial charge in [0.2, 0.25) is 0 Å². The molecule has 2 N–H and O–H groups in total. The molecule has 0 spiro atoms. The molecule has 0 saturated heterocycles. The number of hydrogen-bond donors (Lipinski definition) is 2. The Balaban J connectivity index is 2.13. The van der Waals surface area contributed by atoms with Gasteiger partial charge in [0.05, 0.1) is 12.4 Å². The lowest BCUT2D eigenvalue weighted by Crippen LogP contribution is -2.10. The van der Waals surface area contributed by atoms with E-state index in [4.69, 9.17) is 11.6 Å². The van der Waals surface area contributed by atoms with E-state index in [9.17, 15) is 4.79 Å². The number of nitrogens with zero attached hydrogens (tertiary/aromatic N) is 2. The number of nitrogens with one attached hydrogen (secondary N) is 2. The van der Waals surface area contributed by atoms with Crippen LogP contribution in [0.5, 0.6) is 0 Å². The van der Waals surface area contributed by atoms with Gasteiger partial charge >= 0.3 is 0 Å². The minimum atomic E-state index is -0.445. The zero-order chi connectivity index (χ0) is 12.3. The summed E-state index contributed by atoms with van der Waals surface area (Å²) in [6.07, 6.45) is 3.08. The standard InChI is InChI=1S/C10H9ClN4OS/c1-6-2-3-17-8(6)5-13-14-7-4-12-15-10(16)9(7)11/h2-5H,1H3,(H2,14,15,16)/b13-5-. The molecule has 0 bridgehead atoms. The van der Waals surface area contributed by atoms with Crippen LogP contribution in [0.2, 0.25) is 5.02 Å².